The molecule has 3 aromatic carbocycles. The summed E-state index contributed by atoms with van der Waals surface area (Å²) in [6, 6.07) is 31.4. The van der Waals surface area contributed by atoms with Crippen LogP contribution in [0.2, 0.25) is 0 Å². The Morgan fingerprint density at radius 3 is 2.08 bits per heavy atom. The van der Waals surface area contributed by atoms with Gasteiger partial charge in [-0.1, -0.05) is 111 Å². The zero-order valence-electron chi connectivity index (χ0n) is 23.3. The third-order valence-electron chi connectivity index (χ3n) is 7.71. The largest absolute Gasteiger partial charge is 0.345 e. The molecule has 0 aliphatic carbocycles. The minimum atomic E-state index is -0.480. The Morgan fingerprint density at radius 1 is 0.821 bits per heavy atom. The van der Waals surface area contributed by atoms with Crippen LogP contribution in [0.25, 0.3) is 22.5 Å². The molecule has 2 heterocycles. The van der Waals surface area contributed by atoms with Crippen LogP contribution >= 0.6 is 0 Å². The third kappa shape index (κ3) is 7.04. The summed E-state index contributed by atoms with van der Waals surface area (Å²) >= 11 is 0. The molecule has 0 atom stereocenters. The van der Waals surface area contributed by atoms with Crippen molar-refractivity contribution in [2.45, 2.75) is 51.9 Å². The summed E-state index contributed by atoms with van der Waals surface area (Å²) in [5, 5.41) is 0. The fourth-order valence-electron chi connectivity index (χ4n) is 5.67. The van der Waals surface area contributed by atoms with Gasteiger partial charge in [-0.25, -0.2) is 4.98 Å². The average Bonchev–Trinajstić information content (AvgIpc) is 3.43. The molecule has 0 amide bonds. The molecule has 0 radical (unpaired) electrons. The fourth-order valence-corrected chi connectivity index (χ4v) is 5.67. The molecule has 5 nitrogen and oxygen atoms in total. The zero-order valence-corrected chi connectivity index (χ0v) is 23.3. The van der Waals surface area contributed by atoms with E-state index in [-0.39, 0.29) is 5.41 Å². The number of ether oxygens (including phenoxy) is 2. The molecule has 1 aromatic heterocycles. The summed E-state index contributed by atoms with van der Waals surface area (Å²) in [6.07, 6.45) is 5.23. The minimum Gasteiger partial charge on any atom is -0.345 e. The van der Waals surface area contributed by atoms with E-state index in [0.717, 1.165) is 60.7 Å². The van der Waals surface area contributed by atoms with E-state index in [4.69, 9.17) is 14.5 Å². The van der Waals surface area contributed by atoms with E-state index in [9.17, 15) is 0 Å². The lowest BCUT2D eigenvalue weighted by atomic mass is 9.79. The molecule has 1 aliphatic heterocycles. The van der Waals surface area contributed by atoms with Crippen LogP contribution in [-0.4, -0.2) is 41.7 Å². The number of benzene rings is 3. The SMILES string of the molecule is CCC[C@]1(CCCCN(C)Cc2ccccc2)CO[C@@H](c2nc(-c3ccccc3)c(-c3ccccc3)[nH]2)OC1. The van der Waals surface area contributed by atoms with Gasteiger partial charge in [-0.15, -0.1) is 0 Å². The fraction of sp³-hybridized carbons (Fsp3) is 0.382. The van der Waals surface area contributed by atoms with Crippen LogP contribution < -0.4 is 0 Å². The van der Waals surface area contributed by atoms with E-state index in [2.05, 4.69) is 90.6 Å². The zero-order chi connectivity index (χ0) is 26.9. The third-order valence-corrected chi connectivity index (χ3v) is 7.71. The van der Waals surface area contributed by atoms with E-state index in [1.165, 1.54) is 18.4 Å². The molecule has 4 aromatic rings. The highest BCUT2D eigenvalue weighted by Gasteiger charge is 2.37. The van der Waals surface area contributed by atoms with Gasteiger partial charge >= 0.3 is 0 Å². The topological polar surface area (TPSA) is 50.4 Å². The molecule has 39 heavy (non-hydrogen) atoms. The number of imidazole rings is 1. The number of unbranched alkanes of at least 4 members (excludes halogenated alkanes) is 1. The summed E-state index contributed by atoms with van der Waals surface area (Å²) in [4.78, 5) is 11.0. The van der Waals surface area contributed by atoms with Gasteiger partial charge in [0.1, 0.15) is 0 Å². The maximum atomic E-state index is 6.40. The van der Waals surface area contributed by atoms with E-state index in [1.54, 1.807) is 0 Å². The van der Waals surface area contributed by atoms with Crippen LogP contribution in [0.5, 0.6) is 0 Å². The number of rotatable bonds is 12. The monoisotopic (exact) mass is 523 g/mol. The molecule has 0 saturated carbocycles. The number of aromatic nitrogens is 2. The van der Waals surface area contributed by atoms with Gasteiger partial charge in [-0.3, -0.25) is 0 Å². The number of hydrogen-bond acceptors (Lipinski definition) is 4. The molecule has 204 valence electrons. The highest BCUT2D eigenvalue weighted by atomic mass is 16.7. The van der Waals surface area contributed by atoms with Crippen molar-refractivity contribution >= 4 is 0 Å². The van der Waals surface area contributed by atoms with Gasteiger partial charge in [-0.05, 0) is 38.4 Å². The van der Waals surface area contributed by atoms with Crippen molar-refractivity contribution in [1.82, 2.24) is 14.9 Å². The molecule has 1 aliphatic rings. The molecule has 0 unspecified atom stereocenters. The second kappa shape index (κ2) is 13.2. The quantitative estimate of drug-likeness (QED) is 0.192. The summed E-state index contributed by atoms with van der Waals surface area (Å²) in [7, 11) is 2.21. The molecule has 5 rings (SSSR count). The predicted molar refractivity (Wildman–Crippen MR) is 158 cm³/mol. The highest BCUT2D eigenvalue weighted by molar-refractivity contribution is 5.78. The number of nitrogens with zero attached hydrogens (tertiary/aromatic N) is 2. The Balaban J connectivity index is 1.21. The van der Waals surface area contributed by atoms with Gasteiger partial charge in [0, 0.05) is 23.1 Å². The van der Waals surface area contributed by atoms with Crippen molar-refractivity contribution in [1.29, 1.82) is 0 Å². The summed E-state index contributed by atoms with van der Waals surface area (Å²) in [5.74, 6) is 0.736. The molecule has 5 heteroatoms. The van der Waals surface area contributed by atoms with E-state index in [1.807, 2.05) is 24.3 Å². The van der Waals surface area contributed by atoms with Crippen molar-refractivity contribution in [2.24, 2.45) is 5.41 Å². The first-order chi connectivity index (χ1) is 19.2. The van der Waals surface area contributed by atoms with Crippen LogP contribution in [0.15, 0.2) is 91.0 Å². The van der Waals surface area contributed by atoms with E-state index in [0.29, 0.717) is 13.2 Å². The standard InChI is InChI=1S/C34H41N3O2/c1-3-21-34(22-13-14-23-37(2)24-27-15-7-4-8-16-27)25-38-33(39-26-34)32-35-30(28-17-9-5-10-18-28)31(36-32)29-19-11-6-12-20-29/h4-12,15-20,33H,3,13-14,21-26H2,1-2H3,(H,35,36)/t33-,34+. The van der Waals surface area contributed by atoms with Gasteiger partial charge < -0.3 is 19.4 Å². The smallest absolute Gasteiger partial charge is 0.217 e. The second-order valence-corrected chi connectivity index (χ2v) is 11.0. The van der Waals surface area contributed by atoms with E-state index >= 15 is 0 Å². The molecule has 1 fully saturated rings. The lowest BCUT2D eigenvalue weighted by Gasteiger charge is -2.39. The van der Waals surface area contributed by atoms with Crippen molar-refractivity contribution in [3.05, 3.63) is 102 Å². The molecular weight excluding hydrogens is 482 g/mol. The first-order valence-corrected chi connectivity index (χ1v) is 14.3. The molecule has 0 bridgehead atoms. The lowest BCUT2D eigenvalue weighted by Crippen LogP contribution is -2.39. The van der Waals surface area contributed by atoms with Crippen molar-refractivity contribution in [3.8, 4) is 22.5 Å². The Morgan fingerprint density at radius 2 is 1.44 bits per heavy atom. The highest BCUT2D eigenvalue weighted by Crippen LogP contribution is 2.40. The first kappa shape index (κ1) is 27.3. The lowest BCUT2D eigenvalue weighted by molar-refractivity contribution is -0.240. The Bertz CT molecular complexity index is 1210. The van der Waals surface area contributed by atoms with Crippen LogP contribution in [0.3, 0.4) is 0 Å². The normalized spacial score (nSPS) is 19.4. The molecule has 1 saturated heterocycles. The Hall–Kier alpha value is -3.25. The average molecular weight is 524 g/mol. The second-order valence-electron chi connectivity index (χ2n) is 11.0. The maximum absolute atomic E-state index is 6.40. The minimum absolute atomic E-state index is 0.0698. The molecular formula is C34H41N3O2. The Kier molecular flexibility index (Phi) is 9.25. The van der Waals surface area contributed by atoms with Crippen molar-refractivity contribution in [2.75, 3.05) is 26.8 Å². The van der Waals surface area contributed by atoms with Crippen molar-refractivity contribution in [3.63, 3.8) is 0 Å². The first-order valence-electron chi connectivity index (χ1n) is 14.3. The number of aromatic amines is 1. The number of hydrogen-bond donors (Lipinski definition) is 1. The van der Waals surface area contributed by atoms with Gasteiger partial charge in [-0.2, -0.15) is 0 Å². The number of H-pyrrole nitrogens is 1. The van der Waals surface area contributed by atoms with Crippen LogP contribution in [0.4, 0.5) is 0 Å². The maximum Gasteiger partial charge on any atom is 0.217 e. The van der Waals surface area contributed by atoms with E-state index < -0.39 is 6.29 Å². The van der Waals surface area contributed by atoms with Crippen LogP contribution in [-0.2, 0) is 16.0 Å². The predicted octanol–water partition coefficient (Wildman–Crippen LogP) is 7.88. The molecule has 1 N–H and O–H groups in total. The van der Waals surface area contributed by atoms with Crippen LogP contribution in [0.1, 0.15) is 56.7 Å². The molecule has 0 spiro atoms. The summed E-state index contributed by atoms with van der Waals surface area (Å²) < 4.78 is 12.8. The van der Waals surface area contributed by atoms with Crippen molar-refractivity contribution < 1.29 is 9.47 Å². The number of nitrogens with one attached hydrogen (secondary N) is 1. The summed E-state index contributed by atoms with van der Waals surface area (Å²) in [5.41, 5.74) is 5.53. The van der Waals surface area contributed by atoms with Gasteiger partial charge in [0.25, 0.3) is 0 Å². The summed E-state index contributed by atoms with van der Waals surface area (Å²) in [6.45, 7) is 5.75. The van der Waals surface area contributed by atoms with Gasteiger partial charge in [0.15, 0.2) is 5.82 Å². The van der Waals surface area contributed by atoms with Gasteiger partial charge in [0.2, 0.25) is 6.29 Å². The van der Waals surface area contributed by atoms with Crippen LogP contribution in [0, 0.1) is 5.41 Å². The Labute approximate surface area is 233 Å². The van der Waals surface area contributed by atoms with Gasteiger partial charge in [0.05, 0.1) is 24.6 Å².